The van der Waals surface area contributed by atoms with E-state index in [-0.39, 0.29) is 0 Å². The SMILES string of the molecule is CC(C)C1N(C)CCCN1C. The smallest absolute Gasteiger partial charge is 0.0641 e. The summed E-state index contributed by atoms with van der Waals surface area (Å²) >= 11 is 0. The molecule has 2 heteroatoms. The second-order valence-corrected chi connectivity index (χ2v) is 3.97. The van der Waals surface area contributed by atoms with E-state index >= 15 is 0 Å². The van der Waals surface area contributed by atoms with Gasteiger partial charge in [-0.3, -0.25) is 9.80 Å². The molecule has 0 saturated carbocycles. The minimum Gasteiger partial charge on any atom is -0.291 e. The molecule has 0 aromatic heterocycles. The zero-order valence-corrected chi connectivity index (χ0v) is 8.17. The van der Waals surface area contributed by atoms with Gasteiger partial charge in [-0.05, 0) is 26.4 Å². The number of hydrogen-bond donors (Lipinski definition) is 0. The zero-order chi connectivity index (χ0) is 8.43. The standard InChI is InChI=1S/C9H20N2/c1-8(2)9-10(3)6-5-7-11(9)4/h8-9H,5-7H2,1-4H3. The van der Waals surface area contributed by atoms with Crippen LogP contribution in [0.4, 0.5) is 0 Å². The lowest BCUT2D eigenvalue weighted by molar-refractivity contribution is 0.0106. The van der Waals surface area contributed by atoms with Crippen molar-refractivity contribution >= 4 is 0 Å². The predicted molar refractivity (Wildman–Crippen MR) is 48.5 cm³/mol. The lowest BCUT2D eigenvalue weighted by Crippen LogP contribution is -2.52. The summed E-state index contributed by atoms with van der Waals surface area (Å²) in [5, 5.41) is 0. The number of hydrogen-bond acceptors (Lipinski definition) is 2. The van der Waals surface area contributed by atoms with Crippen molar-refractivity contribution in [2.75, 3.05) is 27.2 Å². The van der Waals surface area contributed by atoms with Gasteiger partial charge in [-0.15, -0.1) is 0 Å². The molecule has 1 rings (SSSR count). The van der Waals surface area contributed by atoms with E-state index in [9.17, 15) is 0 Å². The Labute approximate surface area is 70.2 Å². The molecule has 1 fully saturated rings. The second-order valence-electron chi connectivity index (χ2n) is 3.97. The monoisotopic (exact) mass is 156 g/mol. The average Bonchev–Trinajstić information content (AvgIpc) is 1.85. The van der Waals surface area contributed by atoms with Crippen molar-refractivity contribution in [3.63, 3.8) is 0 Å². The first-order valence-corrected chi connectivity index (χ1v) is 4.53. The van der Waals surface area contributed by atoms with Crippen molar-refractivity contribution < 1.29 is 0 Å². The van der Waals surface area contributed by atoms with E-state index in [2.05, 4.69) is 37.7 Å². The Morgan fingerprint density at radius 2 is 1.55 bits per heavy atom. The van der Waals surface area contributed by atoms with Crippen molar-refractivity contribution in [1.82, 2.24) is 9.80 Å². The highest BCUT2D eigenvalue weighted by Crippen LogP contribution is 2.17. The van der Waals surface area contributed by atoms with E-state index in [0.29, 0.717) is 6.17 Å². The van der Waals surface area contributed by atoms with E-state index in [1.807, 2.05) is 0 Å². The van der Waals surface area contributed by atoms with E-state index in [1.165, 1.54) is 19.5 Å². The summed E-state index contributed by atoms with van der Waals surface area (Å²) in [6.45, 7) is 7.10. The van der Waals surface area contributed by atoms with E-state index in [4.69, 9.17) is 0 Å². The molecule has 2 nitrogen and oxygen atoms in total. The fourth-order valence-electron chi connectivity index (χ4n) is 2.19. The summed E-state index contributed by atoms with van der Waals surface area (Å²) in [7, 11) is 4.45. The van der Waals surface area contributed by atoms with E-state index < -0.39 is 0 Å². The third kappa shape index (κ3) is 1.94. The van der Waals surface area contributed by atoms with Crippen molar-refractivity contribution in [2.45, 2.75) is 26.4 Å². The second kappa shape index (κ2) is 3.55. The molecule has 66 valence electrons. The quantitative estimate of drug-likeness (QED) is 0.563. The Morgan fingerprint density at radius 1 is 1.09 bits per heavy atom. The van der Waals surface area contributed by atoms with Gasteiger partial charge < -0.3 is 0 Å². The summed E-state index contributed by atoms with van der Waals surface area (Å²) in [6.07, 6.45) is 1.97. The van der Waals surface area contributed by atoms with Gasteiger partial charge in [0.05, 0.1) is 6.17 Å². The third-order valence-corrected chi connectivity index (χ3v) is 2.52. The minimum atomic E-state index is 0.656. The molecule has 0 aromatic rings. The Bertz CT molecular complexity index is 113. The minimum absolute atomic E-state index is 0.656. The van der Waals surface area contributed by atoms with E-state index in [0.717, 1.165) is 5.92 Å². The van der Waals surface area contributed by atoms with Crippen LogP contribution in [0.15, 0.2) is 0 Å². The van der Waals surface area contributed by atoms with Crippen LogP contribution in [-0.4, -0.2) is 43.2 Å². The van der Waals surface area contributed by atoms with Crippen LogP contribution in [0.25, 0.3) is 0 Å². The molecule has 0 atom stereocenters. The molecular formula is C9H20N2. The van der Waals surface area contributed by atoms with Gasteiger partial charge in [-0.1, -0.05) is 13.8 Å². The molecule has 1 saturated heterocycles. The molecule has 0 bridgehead atoms. The number of rotatable bonds is 1. The van der Waals surface area contributed by atoms with Crippen LogP contribution < -0.4 is 0 Å². The fraction of sp³-hybridized carbons (Fsp3) is 1.00. The summed E-state index contributed by atoms with van der Waals surface area (Å²) in [4.78, 5) is 4.91. The molecule has 1 aliphatic rings. The summed E-state index contributed by atoms with van der Waals surface area (Å²) in [5.74, 6) is 0.741. The van der Waals surface area contributed by atoms with Crippen LogP contribution in [0.5, 0.6) is 0 Å². The van der Waals surface area contributed by atoms with Gasteiger partial charge in [-0.25, -0.2) is 0 Å². The first kappa shape index (κ1) is 9.01. The first-order valence-electron chi connectivity index (χ1n) is 4.53. The molecule has 0 unspecified atom stereocenters. The Morgan fingerprint density at radius 3 is 1.82 bits per heavy atom. The third-order valence-electron chi connectivity index (χ3n) is 2.52. The highest BCUT2D eigenvalue weighted by atomic mass is 15.4. The summed E-state index contributed by atoms with van der Waals surface area (Å²) in [6, 6.07) is 0. The van der Waals surface area contributed by atoms with E-state index in [1.54, 1.807) is 0 Å². The van der Waals surface area contributed by atoms with Gasteiger partial charge in [0.25, 0.3) is 0 Å². The van der Waals surface area contributed by atoms with Crippen molar-refractivity contribution in [1.29, 1.82) is 0 Å². The maximum Gasteiger partial charge on any atom is 0.0641 e. The molecular weight excluding hydrogens is 136 g/mol. The lowest BCUT2D eigenvalue weighted by atomic mass is 10.1. The van der Waals surface area contributed by atoms with Gasteiger partial charge in [-0.2, -0.15) is 0 Å². The van der Waals surface area contributed by atoms with Crippen LogP contribution in [0, 0.1) is 5.92 Å². The molecule has 11 heavy (non-hydrogen) atoms. The van der Waals surface area contributed by atoms with Gasteiger partial charge >= 0.3 is 0 Å². The Balaban J connectivity index is 2.55. The van der Waals surface area contributed by atoms with Gasteiger partial charge in [0.15, 0.2) is 0 Å². The lowest BCUT2D eigenvalue weighted by Gasteiger charge is -2.42. The van der Waals surface area contributed by atoms with Crippen LogP contribution >= 0.6 is 0 Å². The maximum absolute atomic E-state index is 2.45. The van der Waals surface area contributed by atoms with Crippen molar-refractivity contribution in [3.05, 3.63) is 0 Å². The van der Waals surface area contributed by atoms with Crippen LogP contribution in [0.2, 0.25) is 0 Å². The molecule has 0 radical (unpaired) electrons. The van der Waals surface area contributed by atoms with Crippen LogP contribution in [-0.2, 0) is 0 Å². The summed E-state index contributed by atoms with van der Waals surface area (Å²) < 4.78 is 0. The van der Waals surface area contributed by atoms with Gasteiger partial charge in [0.2, 0.25) is 0 Å². The molecule has 0 aliphatic carbocycles. The molecule has 0 amide bonds. The first-order chi connectivity index (χ1) is 5.13. The molecule has 0 aromatic carbocycles. The van der Waals surface area contributed by atoms with Crippen molar-refractivity contribution in [2.24, 2.45) is 5.92 Å². The topological polar surface area (TPSA) is 6.48 Å². The largest absolute Gasteiger partial charge is 0.291 e. The predicted octanol–water partition coefficient (Wildman–Crippen LogP) is 1.24. The molecule has 0 N–H and O–H groups in total. The number of nitrogens with zero attached hydrogens (tertiary/aromatic N) is 2. The maximum atomic E-state index is 2.45. The normalized spacial score (nSPS) is 24.8. The highest BCUT2D eigenvalue weighted by Gasteiger charge is 2.25. The Kier molecular flexibility index (Phi) is 2.90. The average molecular weight is 156 g/mol. The fourth-order valence-corrected chi connectivity index (χ4v) is 2.19. The van der Waals surface area contributed by atoms with Crippen LogP contribution in [0.3, 0.4) is 0 Å². The molecule has 0 spiro atoms. The zero-order valence-electron chi connectivity index (χ0n) is 8.17. The Hall–Kier alpha value is -0.0800. The molecule has 1 heterocycles. The van der Waals surface area contributed by atoms with Gasteiger partial charge in [0, 0.05) is 13.1 Å². The highest BCUT2D eigenvalue weighted by molar-refractivity contribution is 4.76. The van der Waals surface area contributed by atoms with Crippen LogP contribution in [0.1, 0.15) is 20.3 Å². The molecule has 1 aliphatic heterocycles. The van der Waals surface area contributed by atoms with Gasteiger partial charge in [0.1, 0.15) is 0 Å². The van der Waals surface area contributed by atoms with Crippen molar-refractivity contribution in [3.8, 4) is 0 Å². The summed E-state index contributed by atoms with van der Waals surface area (Å²) in [5.41, 5.74) is 0.